The summed E-state index contributed by atoms with van der Waals surface area (Å²) in [6, 6.07) is 0. The molecule has 2 aromatic heterocycles. The first-order chi connectivity index (χ1) is 11.7. The summed E-state index contributed by atoms with van der Waals surface area (Å²) in [6.45, 7) is 3.47. The highest BCUT2D eigenvalue weighted by Gasteiger charge is 2.08. The maximum Gasteiger partial charge on any atom is 0.332 e. The van der Waals surface area contributed by atoms with Gasteiger partial charge in [-0.15, -0.1) is 0 Å². The number of carboxylic acids is 1. The standard InChI is InChI=1S/C7H8N4O2.2C2H8N2.C2H4O2/c1-10-5-4(8-3-9-5)6(12)11(2)7(10)13;2*3-1-2-4;1-2(3)4/h3H,1-2H3,(H,8,9);2*1-4H2;1H3,(H,3,4). The van der Waals surface area contributed by atoms with Gasteiger partial charge in [-0.3, -0.25) is 18.7 Å². The minimum atomic E-state index is -0.833. The number of H-pyrrole nitrogens is 1. The number of aryl methyl sites for hydroxylation is 1. The van der Waals surface area contributed by atoms with Crippen LogP contribution in [0.2, 0.25) is 0 Å². The number of carboxylic acid groups (broad SMARTS) is 1. The number of hydrogen-bond acceptors (Lipinski definition) is 8. The molecule has 10 N–H and O–H groups in total. The molecule has 0 saturated carbocycles. The molecule has 0 fully saturated rings. The lowest BCUT2D eigenvalue weighted by Crippen LogP contribution is -2.36. The van der Waals surface area contributed by atoms with Crippen molar-refractivity contribution in [2.45, 2.75) is 6.92 Å². The van der Waals surface area contributed by atoms with Crippen LogP contribution in [0.25, 0.3) is 11.2 Å². The molecule has 0 aliphatic rings. The number of aliphatic carboxylic acids is 1. The van der Waals surface area contributed by atoms with Crippen LogP contribution in [0, 0.1) is 0 Å². The number of imidazole rings is 1. The molecule has 0 unspecified atom stereocenters. The van der Waals surface area contributed by atoms with Crippen LogP contribution < -0.4 is 34.2 Å². The quantitative estimate of drug-likeness (QED) is 0.318. The van der Waals surface area contributed by atoms with E-state index in [1.807, 2.05) is 0 Å². The monoisotopic (exact) mass is 360 g/mol. The summed E-state index contributed by atoms with van der Waals surface area (Å²) in [7, 11) is 3.01. The van der Waals surface area contributed by atoms with Crippen LogP contribution in [0.1, 0.15) is 6.92 Å². The van der Waals surface area contributed by atoms with E-state index >= 15 is 0 Å². The van der Waals surface area contributed by atoms with Crippen LogP contribution in [-0.4, -0.2) is 56.4 Å². The SMILES string of the molecule is CC(=O)O.Cn1c(=O)c2[nH]cnc2n(C)c1=O.NCCN.NCCN. The Morgan fingerprint density at radius 1 is 1.08 bits per heavy atom. The molecule has 0 aliphatic heterocycles. The van der Waals surface area contributed by atoms with Gasteiger partial charge in [0, 0.05) is 47.2 Å². The molecule has 0 saturated heterocycles. The van der Waals surface area contributed by atoms with E-state index in [0.29, 0.717) is 37.3 Å². The summed E-state index contributed by atoms with van der Waals surface area (Å²) in [5, 5.41) is 7.42. The van der Waals surface area contributed by atoms with Gasteiger partial charge < -0.3 is 33.0 Å². The maximum absolute atomic E-state index is 11.4. The molecule has 0 aromatic carbocycles. The third-order valence-electron chi connectivity index (χ3n) is 2.36. The summed E-state index contributed by atoms with van der Waals surface area (Å²) in [4.78, 5) is 38.4. The molecule has 12 nitrogen and oxygen atoms in total. The fourth-order valence-electron chi connectivity index (χ4n) is 1.27. The Kier molecular flexibility index (Phi) is 13.7. The van der Waals surface area contributed by atoms with Gasteiger partial charge in [-0.05, 0) is 0 Å². The van der Waals surface area contributed by atoms with Gasteiger partial charge in [0.15, 0.2) is 5.65 Å². The topological polar surface area (TPSA) is 214 Å². The zero-order valence-electron chi connectivity index (χ0n) is 14.7. The number of aromatic nitrogens is 4. The molecule has 2 rings (SSSR count). The van der Waals surface area contributed by atoms with Gasteiger partial charge in [0.05, 0.1) is 6.33 Å². The fraction of sp³-hybridized carbons (Fsp3) is 0.538. The molecular formula is C13H28N8O4. The second kappa shape index (κ2) is 13.9. The third kappa shape index (κ3) is 9.36. The zero-order chi connectivity index (χ0) is 20.0. The Balaban J connectivity index is 0. The number of hydrogen-bond donors (Lipinski definition) is 6. The normalized spacial score (nSPS) is 9.08. The Bertz CT molecular complexity index is 722. The van der Waals surface area contributed by atoms with Crippen LogP contribution in [0.5, 0.6) is 0 Å². The molecule has 144 valence electrons. The number of carbonyl (C=O) groups is 1. The van der Waals surface area contributed by atoms with Crippen molar-refractivity contribution in [3.8, 4) is 0 Å². The highest BCUT2D eigenvalue weighted by Crippen LogP contribution is 1.97. The van der Waals surface area contributed by atoms with Crippen molar-refractivity contribution in [2.75, 3.05) is 26.2 Å². The van der Waals surface area contributed by atoms with E-state index in [2.05, 4.69) is 9.97 Å². The Hall–Kier alpha value is -2.54. The minimum Gasteiger partial charge on any atom is -0.481 e. The summed E-state index contributed by atoms with van der Waals surface area (Å²) in [5.74, 6) is -0.833. The lowest BCUT2D eigenvalue weighted by molar-refractivity contribution is -0.134. The average molecular weight is 360 g/mol. The number of nitrogens with zero attached hydrogens (tertiary/aromatic N) is 3. The molecule has 0 atom stereocenters. The molecule has 0 amide bonds. The summed E-state index contributed by atoms with van der Waals surface area (Å²) in [5.41, 5.74) is 19.6. The van der Waals surface area contributed by atoms with Crippen molar-refractivity contribution in [2.24, 2.45) is 37.0 Å². The first-order valence-electron chi connectivity index (χ1n) is 7.28. The summed E-state index contributed by atoms with van der Waals surface area (Å²) >= 11 is 0. The predicted octanol–water partition coefficient (Wildman–Crippen LogP) is -3.14. The van der Waals surface area contributed by atoms with Crippen molar-refractivity contribution in [3.05, 3.63) is 27.2 Å². The van der Waals surface area contributed by atoms with Gasteiger partial charge in [-0.25, -0.2) is 9.78 Å². The molecule has 0 spiro atoms. The minimum absolute atomic E-state index is 0.351. The second-order valence-corrected chi connectivity index (χ2v) is 4.48. The highest BCUT2D eigenvalue weighted by atomic mass is 16.4. The van der Waals surface area contributed by atoms with Gasteiger partial charge in [0.25, 0.3) is 11.5 Å². The molecular weight excluding hydrogens is 332 g/mol. The van der Waals surface area contributed by atoms with Crippen LogP contribution in [0.3, 0.4) is 0 Å². The number of fused-ring (bicyclic) bond motifs is 1. The molecule has 2 aromatic rings. The smallest absolute Gasteiger partial charge is 0.332 e. The van der Waals surface area contributed by atoms with Crippen molar-refractivity contribution in [3.63, 3.8) is 0 Å². The van der Waals surface area contributed by atoms with Crippen LogP contribution in [0.4, 0.5) is 0 Å². The number of nitrogens with two attached hydrogens (primary N) is 4. The number of rotatable bonds is 2. The predicted molar refractivity (Wildman–Crippen MR) is 96.1 cm³/mol. The van der Waals surface area contributed by atoms with E-state index in [4.69, 9.17) is 32.8 Å². The van der Waals surface area contributed by atoms with Gasteiger partial charge in [0.1, 0.15) is 5.52 Å². The second-order valence-electron chi connectivity index (χ2n) is 4.48. The Morgan fingerprint density at radius 2 is 1.48 bits per heavy atom. The van der Waals surface area contributed by atoms with Crippen LogP contribution in [0.15, 0.2) is 15.9 Å². The Labute approximate surface area is 144 Å². The van der Waals surface area contributed by atoms with Gasteiger partial charge in [-0.1, -0.05) is 0 Å². The lowest BCUT2D eigenvalue weighted by atomic mass is 10.5. The summed E-state index contributed by atoms with van der Waals surface area (Å²) in [6.07, 6.45) is 1.39. The molecule has 0 aliphatic carbocycles. The number of aromatic amines is 1. The van der Waals surface area contributed by atoms with Crippen molar-refractivity contribution < 1.29 is 9.90 Å². The average Bonchev–Trinajstić information content (AvgIpc) is 3.08. The van der Waals surface area contributed by atoms with Gasteiger partial charge in [-0.2, -0.15) is 0 Å². The first-order valence-corrected chi connectivity index (χ1v) is 7.28. The zero-order valence-corrected chi connectivity index (χ0v) is 14.7. The largest absolute Gasteiger partial charge is 0.481 e. The molecule has 2 heterocycles. The number of nitrogens with one attached hydrogen (secondary N) is 1. The van der Waals surface area contributed by atoms with E-state index in [-0.39, 0.29) is 11.2 Å². The van der Waals surface area contributed by atoms with E-state index in [1.165, 1.54) is 17.9 Å². The van der Waals surface area contributed by atoms with Crippen molar-refractivity contribution >= 4 is 17.1 Å². The maximum atomic E-state index is 11.4. The van der Waals surface area contributed by atoms with E-state index in [0.717, 1.165) is 11.5 Å². The van der Waals surface area contributed by atoms with Crippen LogP contribution >= 0.6 is 0 Å². The van der Waals surface area contributed by atoms with Gasteiger partial charge in [0.2, 0.25) is 0 Å². The van der Waals surface area contributed by atoms with E-state index < -0.39 is 5.97 Å². The molecule has 12 heteroatoms. The molecule has 0 radical (unpaired) electrons. The van der Waals surface area contributed by atoms with Crippen molar-refractivity contribution in [1.82, 2.24) is 19.1 Å². The van der Waals surface area contributed by atoms with Crippen molar-refractivity contribution in [1.29, 1.82) is 0 Å². The summed E-state index contributed by atoms with van der Waals surface area (Å²) < 4.78 is 2.37. The van der Waals surface area contributed by atoms with Crippen LogP contribution in [-0.2, 0) is 18.9 Å². The molecule has 0 bridgehead atoms. The first kappa shape index (κ1) is 24.7. The van der Waals surface area contributed by atoms with E-state index in [1.54, 1.807) is 7.05 Å². The fourth-order valence-corrected chi connectivity index (χ4v) is 1.27. The lowest BCUT2D eigenvalue weighted by Gasteiger charge is -2.00. The van der Waals surface area contributed by atoms with E-state index in [9.17, 15) is 9.59 Å². The third-order valence-corrected chi connectivity index (χ3v) is 2.36. The Morgan fingerprint density at radius 3 is 1.84 bits per heavy atom. The molecule has 25 heavy (non-hydrogen) atoms. The van der Waals surface area contributed by atoms with Gasteiger partial charge >= 0.3 is 5.69 Å². The highest BCUT2D eigenvalue weighted by molar-refractivity contribution is 5.68.